The van der Waals surface area contributed by atoms with Gasteiger partial charge in [-0.25, -0.2) is 0 Å². The van der Waals surface area contributed by atoms with E-state index in [2.05, 4.69) is 11.4 Å². The molecule has 1 aromatic carbocycles. The van der Waals surface area contributed by atoms with Gasteiger partial charge in [0.2, 0.25) is 0 Å². The first-order valence-corrected chi connectivity index (χ1v) is 7.04. The summed E-state index contributed by atoms with van der Waals surface area (Å²) in [5.74, 6) is 0.350. The van der Waals surface area contributed by atoms with Crippen LogP contribution >= 0.6 is 0 Å². The fraction of sp³-hybridized carbons (Fsp3) is 0.500. The predicted octanol–water partition coefficient (Wildman–Crippen LogP) is 3.10. The summed E-state index contributed by atoms with van der Waals surface area (Å²) in [6, 6.07) is 7.11. The van der Waals surface area contributed by atoms with Crippen LogP contribution in [0.25, 0.3) is 0 Å². The Morgan fingerprint density at radius 1 is 1.43 bits per heavy atom. The number of amides is 1. The highest BCUT2D eigenvalue weighted by atomic mass is 16.5. The Kier molecular flexibility index (Phi) is 6.19. The lowest BCUT2D eigenvalue weighted by molar-refractivity contribution is -0.136. The minimum Gasteiger partial charge on any atom is -0.494 e. The lowest BCUT2D eigenvalue weighted by Gasteiger charge is -2.25. The first kappa shape index (κ1) is 17.0. The fourth-order valence-corrected chi connectivity index (χ4v) is 1.69. The van der Waals surface area contributed by atoms with Gasteiger partial charge in [0.05, 0.1) is 17.9 Å². The van der Waals surface area contributed by atoms with Crippen molar-refractivity contribution in [1.82, 2.24) is 0 Å². The minimum absolute atomic E-state index is 0.272. The van der Waals surface area contributed by atoms with E-state index in [0.717, 1.165) is 6.42 Å². The summed E-state index contributed by atoms with van der Waals surface area (Å²) in [6.45, 7) is 6.19. The van der Waals surface area contributed by atoms with Crippen LogP contribution in [0.5, 0.6) is 5.75 Å². The number of hydrogen-bond donors (Lipinski definition) is 1. The molecule has 1 N–H and O–H groups in total. The molecule has 1 rings (SSSR count). The van der Waals surface area contributed by atoms with Gasteiger partial charge in [-0.2, -0.15) is 5.26 Å². The lowest BCUT2D eigenvalue weighted by atomic mass is 10.0. The largest absolute Gasteiger partial charge is 0.494 e. The molecule has 1 amide bonds. The summed E-state index contributed by atoms with van der Waals surface area (Å²) in [7, 11) is 1.50. The van der Waals surface area contributed by atoms with Gasteiger partial charge in [0.25, 0.3) is 5.91 Å². The molecule has 0 aliphatic heterocycles. The SMILES string of the molecule is CCCOc1ccc(NC(=O)[C@](C)(CC)OC)c(C#N)c1. The summed E-state index contributed by atoms with van der Waals surface area (Å²) in [6.07, 6.45) is 1.43. The summed E-state index contributed by atoms with van der Waals surface area (Å²) < 4.78 is 10.7. The zero-order valence-corrected chi connectivity index (χ0v) is 13.0. The third-order valence-electron chi connectivity index (χ3n) is 3.44. The number of hydrogen-bond acceptors (Lipinski definition) is 4. The van der Waals surface area contributed by atoms with Crippen LogP contribution in [0.15, 0.2) is 18.2 Å². The summed E-state index contributed by atoms with van der Waals surface area (Å²) in [5, 5.41) is 12.0. The molecule has 21 heavy (non-hydrogen) atoms. The number of nitrogens with one attached hydrogen (secondary N) is 1. The van der Waals surface area contributed by atoms with Gasteiger partial charge in [-0.05, 0) is 38.0 Å². The molecular formula is C16H22N2O3. The van der Waals surface area contributed by atoms with E-state index in [0.29, 0.717) is 30.0 Å². The molecule has 1 aromatic rings. The zero-order valence-electron chi connectivity index (χ0n) is 13.0. The van der Waals surface area contributed by atoms with Crippen molar-refractivity contribution in [3.8, 4) is 11.8 Å². The second-order valence-electron chi connectivity index (χ2n) is 4.91. The van der Waals surface area contributed by atoms with Crippen LogP contribution in [0.1, 0.15) is 39.2 Å². The quantitative estimate of drug-likeness (QED) is 0.837. The summed E-state index contributed by atoms with van der Waals surface area (Å²) in [4.78, 5) is 12.2. The molecule has 5 nitrogen and oxygen atoms in total. The molecule has 0 heterocycles. The highest BCUT2D eigenvalue weighted by molar-refractivity contribution is 5.98. The van der Waals surface area contributed by atoms with Crippen molar-refractivity contribution in [1.29, 1.82) is 5.26 Å². The average molecular weight is 290 g/mol. The first-order chi connectivity index (χ1) is 10.0. The van der Waals surface area contributed by atoms with Gasteiger partial charge in [0, 0.05) is 7.11 Å². The van der Waals surface area contributed by atoms with Crippen molar-refractivity contribution < 1.29 is 14.3 Å². The molecular weight excluding hydrogens is 268 g/mol. The molecule has 0 aliphatic carbocycles. The summed E-state index contributed by atoms with van der Waals surface area (Å²) >= 11 is 0. The van der Waals surface area contributed by atoms with Crippen LogP contribution in [0.2, 0.25) is 0 Å². The van der Waals surface area contributed by atoms with E-state index in [4.69, 9.17) is 9.47 Å². The van der Waals surface area contributed by atoms with Crippen molar-refractivity contribution in [2.75, 3.05) is 19.0 Å². The van der Waals surface area contributed by atoms with Crippen LogP contribution in [-0.2, 0) is 9.53 Å². The number of nitrogens with zero attached hydrogens (tertiary/aromatic N) is 1. The predicted molar refractivity (Wildman–Crippen MR) is 81.3 cm³/mol. The van der Waals surface area contributed by atoms with E-state index < -0.39 is 5.60 Å². The molecule has 0 spiro atoms. The number of anilines is 1. The van der Waals surface area contributed by atoms with E-state index in [1.807, 2.05) is 13.8 Å². The second-order valence-corrected chi connectivity index (χ2v) is 4.91. The first-order valence-electron chi connectivity index (χ1n) is 7.04. The molecule has 0 unspecified atom stereocenters. The highest BCUT2D eigenvalue weighted by Crippen LogP contribution is 2.24. The Morgan fingerprint density at radius 3 is 2.67 bits per heavy atom. The monoisotopic (exact) mass is 290 g/mol. The average Bonchev–Trinajstić information content (AvgIpc) is 2.52. The molecule has 1 atom stereocenters. The lowest BCUT2D eigenvalue weighted by Crippen LogP contribution is -2.41. The van der Waals surface area contributed by atoms with Gasteiger partial charge >= 0.3 is 0 Å². The molecule has 5 heteroatoms. The number of methoxy groups -OCH3 is 1. The topological polar surface area (TPSA) is 71.3 Å². The van der Waals surface area contributed by atoms with Gasteiger partial charge in [-0.3, -0.25) is 4.79 Å². The Labute approximate surface area is 125 Å². The second kappa shape index (κ2) is 7.65. The normalized spacial score (nSPS) is 13.1. The Morgan fingerprint density at radius 2 is 2.14 bits per heavy atom. The number of nitriles is 1. The molecule has 0 bridgehead atoms. The fourth-order valence-electron chi connectivity index (χ4n) is 1.69. The van der Waals surface area contributed by atoms with Gasteiger partial charge in [-0.1, -0.05) is 13.8 Å². The highest BCUT2D eigenvalue weighted by Gasteiger charge is 2.31. The van der Waals surface area contributed by atoms with Gasteiger partial charge in [0.1, 0.15) is 17.4 Å². The van der Waals surface area contributed by atoms with Gasteiger partial charge in [0.15, 0.2) is 0 Å². The van der Waals surface area contributed by atoms with Crippen LogP contribution in [0.4, 0.5) is 5.69 Å². The number of carbonyl (C=O) groups is 1. The molecule has 114 valence electrons. The van der Waals surface area contributed by atoms with E-state index in [-0.39, 0.29) is 5.91 Å². The van der Waals surface area contributed by atoms with E-state index in [9.17, 15) is 10.1 Å². The zero-order chi connectivity index (χ0) is 15.9. The molecule has 0 saturated carbocycles. The van der Waals surface area contributed by atoms with Crippen molar-refractivity contribution in [2.45, 2.75) is 39.2 Å². The standard InChI is InChI=1S/C16H22N2O3/c1-5-9-21-13-7-8-14(12(10-13)11-17)18-15(19)16(3,6-2)20-4/h7-8,10H,5-6,9H2,1-4H3,(H,18,19)/t16-/m0/s1. The van der Waals surface area contributed by atoms with Gasteiger partial charge in [-0.15, -0.1) is 0 Å². The van der Waals surface area contributed by atoms with Crippen LogP contribution in [0.3, 0.4) is 0 Å². The van der Waals surface area contributed by atoms with Crippen LogP contribution < -0.4 is 10.1 Å². The third kappa shape index (κ3) is 4.20. The molecule has 0 aliphatic rings. The van der Waals surface area contributed by atoms with Gasteiger partial charge < -0.3 is 14.8 Å². The maximum atomic E-state index is 12.2. The number of ether oxygens (including phenoxy) is 2. The van der Waals surface area contributed by atoms with Crippen molar-refractivity contribution in [3.05, 3.63) is 23.8 Å². The third-order valence-corrected chi connectivity index (χ3v) is 3.44. The molecule has 0 radical (unpaired) electrons. The minimum atomic E-state index is -0.913. The number of benzene rings is 1. The Hall–Kier alpha value is -2.06. The Bertz CT molecular complexity index is 531. The summed E-state index contributed by atoms with van der Waals surface area (Å²) in [5.41, 5.74) is -0.0843. The maximum Gasteiger partial charge on any atom is 0.256 e. The molecule has 0 saturated heterocycles. The smallest absolute Gasteiger partial charge is 0.256 e. The van der Waals surface area contributed by atoms with Crippen molar-refractivity contribution >= 4 is 11.6 Å². The van der Waals surface area contributed by atoms with Crippen LogP contribution in [-0.4, -0.2) is 25.2 Å². The maximum absolute atomic E-state index is 12.2. The van der Waals surface area contributed by atoms with Crippen molar-refractivity contribution in [2.24, 2.45) is 0 Å². The van der Waals surface area contributed by atoms with E-state index in [1.165, 1.54) is 7.11 Å². The van der Waals surface area contributed by atoms with Crippen LogP contribution in [0, 0.1) is 11.3 Å². The number of carbonyl (C=O) groups excluding carboxylic acids is 1. The van der Waals surface area contributed by atoms with E-state index >= 15 is 0 Å². The molecule has 0 aromatic heterocycles. The number of rotatable bonds is 7. The van der Waals surface area contributed by atoms with E-state index in [1.54, 1.807) is 25.1 Å². The molecule has 0 fully saturated rings. The van der Waals surface area contributed by atoms with Crippen molar-refractivity contribution in [3.63, 3.8) is 0 Å². The Balaban J connectivity index is 2.94.